The number of aliphatic carboxylic acids is 1. The fourth-order valence-electron chi connectivity index (χ4n) is 3.88. The molecule has 0 radical (unpaired) electrons. The monoisotopic (exact) mass is 541 g/mol. The number of hydrogen-bond acceptors (Lipinski definition) is 7. The number of nitrogens with one attached hydrogen (secondary N) is 4. The van der Waals surface area contributed by atoms with Gasteiger partial charge in [0.25, 0.3) is 0 Å². The summed E-state index contributed by atoms with van der Waals surface area (Å²) in [6, 6.07) is 11.5. The van der Waals surface area contributed by atoms with E-state index in [1.807, 2.05) is 24.3 Å². The molecule has 3 aromatic rings. The molecule has 0 aliphatic heterocycles. The molecule has 202 valence electrons. The maximum atomic E-state index is 13.5. The lowest BCUT2D eigenvalue weighted by Gasteiger charge is -2.25. The number of thiol groups is 1. The zero-order valence-electron chi connectivity index (χ0n) is 20.5. The first kappa shape index (κ1) is 28.7. The van der Waals surface area contributed by atoms with Gasteiger partial charge in [-0.2, -0.15) is 12.6 Å². The van der Waals surface area contributed by atoms with Crippen molar-refractivity contribution < 1.29 is 29.4 Å². The molecule has 8 N–H and O–H groups in total. The number of hydrogen-bond donors (Lipinski definition) is 8. The summed E-state index contributed by atoms with van der Waals surface area (Å²) in [6.07, 6.45) is 1.86. The molecule has 1 heterocycles. The predicted molar refractivity (Wildman–Crippen MR) is 144 cm³/mol. The van der Waals surface area contributed by atoms with Gasteiger partial charge in [0, 0.05) is 35.7 Å². The number of benzene rings is 2. The van der Waals surface area contributed by atoms with Crippen molar-refractivity contribution in [2.24, 2.45) is 5.73 Å². The minimum atomic E-state index is -1.26. The van der Waals surface area contributed by atoms with E-state index in [-0.39, 0.29) is 18.6 Å². The van der Waals surface area contributed by atoms with E-state index in [0.717, 1.165) is 22.0 Å². The molecule has 0 fully saturated rings. The first-order valence-electron chi connectivity index (χ1n) is 11.9. The highest BCUT2D eigenvalue weighted by Crippen LogP contribution is 2.19. The zero-order chi connectivity index (χ0) is 27.7. The number of rotatable bonds is 13. The van der Waals surface area contributed by atoms with Crippen LogP contribution in [0.15, 0.2) is 60.8 Å². The van der Waals surface area contributed by atoms with Crippen molar-refractivity contribution in [1.29, 1.82) is 0 Å². The van der Waals surface area contributed by atoms with Crippen LogP contribution in [0.25, 0.3) is 10.9 Å². The van der Waals surface area contributed by atoms with Crippen LogP contribution in [0.4, 0.5) is 0 Å². The summed E-state index contributed by atoms with van der Waals surface area (Å²) >= 11 is 3.98. The number of carboxylic acid groups (broad SMARTS) is 1. The number of carbonyl (C=O) groups excluding carboxylic acids is 3. The van der Waals surface area contributed by atoms with Crippen LogP contribution >= 0.6 is 12.6 Å². The maximum Gasteiger partial charge on any atom is 0.327 e. The molecule has 0 spiro atoms. The van der Waals surface area contributed by atoms with Crippen molar-refractivity contribution in [2.75, 3.05) is 12.4 Å². The Morgan fingerprint density at radius 2 is 1.42 bits per heavy atom. The number of fused-ring (bicyclic) bond motifs is 1. The number of carboxylic acids is 1. The summed E-state index contributed by atoms with van der Waals surface area (Å²) in [5.74, 6) is -3.54. The minimum Gasteiger partial charge on any atom is -0.480 e. The molecule has 3 amide bonds. The lowest BCUT2D eigenvalue weighted by molar-refractivity contribution is -0.141. The Morgan fingerprint density at radius 1 is 0.842 bits per heavy atom. The van der Waals surface area contributed by atoms with Gasteiger partial charge in [-0.15, -0.1) is 0 Å². The predicted octanol–water partition coefficient (Wildman–Crippen LogP) is -0.258. The second-order valence-electron chi connectivity index (χ2n) is 8.75. The van der Waals surface area contributed by atoms with Gasteiger partial charge in [0.05, 0.1) is 6.61 Å². The molecule has 38 heavy (non-hydrogen) atoms. The van der Waals surface area contributed by atoms with E-state index in [2.05, 4.69) is 33.6 Å². The number of H-pyrrole nitrogens is 1. The lowest BCUT2D eigenvalue weighted by atomic mass is 10.0. The normalized spacial score (nSPS) is 14.2. The molecule has 1 aromatic heterocycles. The fourth-order valence-corrected chi connectivity index (χ4v) is 4.13. The number of aliphatic hydroxyl groups is 1. The average molecular weight is 542 g/mol. The minimum absolute atomic E-state index is 0.0633. The second-order valence-corrected chi connectivity index (χ2v) is 9.11. The molecule has 0 saturated heterocycles. The van der Waals surface area contributed by atoms with Crippen LogP contribution in [0.1, 0.15) is 11.1 Å². The summed E-state index contributed by atoms with van der Waals surface area (Å²) in [5.41, 5.74) is 7.96. The third-order valence-electron chi connectivity index (χ3n) is 5.98. The van der Waals surface area contributed by atoms with Crippen molar-refractivity contribution in [2.45, 2.75) is 37.0 Å². The van der Waals surface area contributed by atoms with Crippen LogP contribution in [0.2, 0.25) is 0 Å². The molecule has 2 aromatic carbocycles. The van der Waals surface area contributed by atoms with Gasteiger partial charge in [-0.1, -0.05) is 48.5 Å². The van der Waals surface area contributed by atoms with Crippen LogP contribution in [-0.4, -0.2) is 75.4 Å². The summed E-state index contributed by atoms with van der Waals surface area (Å²) in [5, 5.41) is 27.1. The molecule has 0 aliphatic rings. The topological polar surface area (TPSA) is 187 Å². The Balaban J connectivity index is 1.87. The molecule has 0 aliphatic carbocycles. The van der Waals surface area contributed by atoms with E-state index < -0.39 is 54.5 Å². The molecular weight excluding hydrogens is 510 g/mol. The number of aliphatic hydroxyl groups excluding tert-OH is 1. The standard InChI is InChI=1S/C26H31N5O6S/c27-18(13-32)23(33)29-21(11-16-12-28-19-9-5-4-8-17(16)19)25(35)30-20(10-15-6-2-1-3-7-15)24(34)31-22(14-38)26(36)37/h1-9,12,18,20-22,28,32,38H,10-11,13-14,27H2,(H,29,33)(H,30,35)(H,31,34)(H,36,37). The van der Waals surface area contributed by atoms with Crippen molar-refractivity contribution >= 4 is 47.2 Å². The lowest BCUT2D eigenvalue weighted by Crippen LogP contribution is -2.58. The Labute approximate surface area is 224 Å². The quantitative estimate of drug-likeness (QED) is 0.137. The van der Waals surface area contributed by atoms with E-state index >= 15 is 0 Å². The summed E-state index contributed by atoms with van der Waals surface area (Å²) in [6.45, 7) is -0.618. The number of carbonyl (C=O) groups is 4. The highest BCUT2D eigenvalue weighted by molar-refractivity contribution is 7.80. The Hall–Kier alpha value is -3.87. The van der Waals surface area contributed by atoms with E-state index in [4.69, 9.17) is 5.73 Å². The second kappa shape index (κ2) is 13.6. The first-order valence-corrected chi connectivity index (χ1v) is 12.6. The van der Waals surface area contributed by atoms with E-state index in [1.165, 1.54) is 0 Å². The van der Waals surface area contributed by atoms with Crippen molar-refractivity contribution in [3.63, 3.8) is 0 Å². The molecule has 11 nitrogen and oxygen atoms in total. The van der Waals surface area contributed by atoms with Gasteiger partial charge >= 0.3 is 5.97 Å². The average Bonchev–Trinajstić information content (AvgIpc) is 3.33. The van der Waals surface area contributed by atoms with Gasteiger partial charge in [-0.25, -0.2) is 4.79 Å². The number of nitrogens with two attached hydrogens (primary N) is 1. The third-order valence-corrected chi connectivity index (χ3v) is 6.34. The van der Waals surface area contributed by atoms with Gasteiger partial charge in [0.1, 0.15) is 24.2 Å². The highest BCUT2D eigenvalue weighted by Gasteiger charge is 2.30. The van der Waals surface area contributed by atoms with E-state index in [9.17, 15) is 29.4 Å². The van der Waals surface area contributed by atoms with Crippen molar-refractivity contribution in [3.8, 4) is 0 Å². The first-order chi connectivity index (χ1) is 18.2. The molecule has 3 rings (SSSR count). The Kier molecular flexibility index (Phi) is 10.3. The number of aromatic nitrogens is 1. The fraction of sp³-hybridized carbons (Fsp3) is 0.308. The number of para-hydroxylation sites is 1. The molecule has 0 bridgehead atoms. The van der Waals surface area contributed by atoms with E-state index in [0.29, 0.717) is 0 Å². The van der Waals surface area contributed by atoms with Gasteiger partial charge < -0.3 is 36.9 Å². The van der Waals surface area contributed by atoms with E-state index in [1.54, 1.807) is 36.5 Å². The summed E-state index contributed by atoms with van der Waals surface area (Å²) in [4.78, 5) is 53.6. The maximum absolute atomic E-state index is 13.5. The van der Waals surface area contributed by atoms with Crippen LogP contribution in [0.3, 0.4) is 0 Å². The summed E-state index contributed by atoms with van der Waals surface area (Å²) < 4.78 is 0. The summed E-state index contributed by atoms with van der Waals surface area (Å²) in [7, 11) is 0. The SMILES string of the molecule is NC(CO)C(=O)NC(Cc1c[nH]c2ccccc12)C(=O)NC(Cc1ccccc1)C(=O)NC(CS)C(=O)O. The van der Waals surface area contributed by atoms with Crippen molar-refractivity contribution in [3.05, 3.63) is 71.9 Å². The van der Waals surface area contributed by atoms with Gasteiger partial charge in [-0.05, 0) is 17.2 Å². The van der Waals surface area contributed by atoms with Crippen LogP contribution < -0.4 is 21.7 Å². The van der Waals surface area contributed by atoms with Crippen LogP contribution in [0.5, 0.6) is 0 Å². The molecular formula is C26H31N5O6S. The third kappa shape index (κ3) is 7.57. The number of aromatic amines is 1. The Morgan fingerprint density at radius 3 is 2.05 bits per heavy atom. The van der Waals surface area contributed by atoms with Gasteiger partial charge in [-0.3, -0.25) is 14.4 Å². The van der Waals surface area contributed by atoms with Crippen LogP contribution in [0, 0.1) is 0 Å². The van der Waals surface area contributed by atoms with Crippen molar-refractivity contribution in [1.82, 2.24) is 20.9 Å². The molecule has 4 atom stereocenters. The smallest absolute Gasteiger partial charge is 0.327 e. The van der Waals surface area contributed by atoms with Crippen LogP contribution in [-0.2, 0) is 32.0 Å². The molecule has 12 heteroatoms. The van der Waals surface area contributed by atoms with Gasteiger partial charge in [0.2, 0.25) is 17.7 Å². The Bertz CT molecular complexity index is 1270. The van der Waals surface area contributed by atoms with Gasteiger partial charge in [0.15, 0.2) is 0 Å². The highest BCUT2D eigenvalue weighted by atomic mass is 32.1. The number of amides is 3. The largest absolute Gasteiger partial charge is 0.480 e. The molecule has 4 unspecified atom stereocenters. The zero-order valence-corrected chi connectivity index (χ0v) is 21.4. The molecule has 0 saturated carbocycles.